The van der Waals surface area contributed by atoms with Crippen molar-refractivity contribution in [3.63, 3.8) is 0 Å². The first-order chi connectivity index (χ1) is 44.1. The highest BCUT2D eigenvalue weighted by Crippen LogP contribution is 2.54. The van der Waals surface area contributed by atoms with Gasteiger partial charge in [-0.15, -0.1) is 16.4 Å². The second-order valence-corrected chi connectivity index (χ2v) is 26.2. The number of carbonyl (C=O) groups is 3. The van der Waals surface area contributed by atoms with Crippen LogP contribution in [0, 0.1) is 31.4 Å². The number of benzene rings is 4. The van der Waals surface area contributed by atoms with Crippen molar-refractivity contribution >= 4 is 56.9 Å². The summed E-state index contributed by atoms with van der Waals surface area (Å²) in [5.41, 5.74) is 8.39. The molecule has 5 saturated heterocycles. The zero-order valence-electron chi connectivity index (χ0n) is 51.0. The Morgan fingerprint density at radius 2 is 1.69 bits per heavy atom. The molecule has 8 aromatic rings. The summed E-state index contributed by atoms with van der Waals surface area (Å²) >= 11 is 1.52. The van der Waals surface area contributed by atoms with Gasteiger partial charge >= 0.3 is 12.1 Å². The number of aliphatic hydroxyl groups is 2. The molecule has 0 spiro atoms. The fourth-order valence-corrected chi connectivity index (χ4v) is 14.9. The first-order valence-electron chi connectivity index (χ1n) is 31.5. The molecule has 14 rings (SSSR count). The molecule has 476 valence electrons. The summed E-state index contributed by atoms with van der Waals surface area (Å²) in [5.74, 6) is -1.57. The molecule has 3 amide bonds. The number of β-amino-alcohol motifs (C(OH)–C–C–N with tert-alkyl or cyclic N) is 1. The summed E-state index contributed by atoms with van der Waals surface area (Å²) < 4.78 is 62.7. The number of aryl methyl sites for hydroxylation is 1. The summed E-state index contributed by atoms with van der Waals surface area (Å²) in [7, 11) is 0. The van der Waals surface area contributed by atoms with Crippen LogP contribution < -0.4 is 19.7 Å². The molecule has 22 nitrogen and oxygen atoms in total. The second-order valence-electron chi connectivity index (χ2n) is 25.3. The van der Waals surface area contributed by atoms with Gasteiger partial charge in [0.1, 0.15) is 53.5 Å². The van der Waals surface area contributed by atoms with E-state index in [4.69, 9.17) is 34.0 Å². The van der Waals surface area contributed by atoms with E-state index in [-0.39, 0.29) is 67.2 Å². The molecule has 4 aromatic heterocycles. The lowest BCUT2D eigenvalue weighted by atomic mass is 9.88. The van der Waals surface area contributed by atoms with Gasteiger partial charge in [-0.2, -0.15) is 15.1 Å². The van der Waals surface area contributed by atoms with Crippen molar-refractivity contribution < 1.29 is 57.4 Å². The molecular weight excluding hydrogens is 1190 g/mol. The van der Waals surface area contributed by atoms with Crippen LogP contribution in [-0.2, 0) is 25.7 Å². The Morgan fingerprint density at radius 1 is 0.879 bits per heavy atom. The van der Waals surface area contributed by atoms with Crippen LogP contribution in [-0.4, -0.2) is 159 Å². The van der Waals surface area contributed by atoms with E-state index in [1.165, 1.54) is 44.1 Å². The van der Waals surface area contributed by atoms with Crippen molar-refractivity contribution in [2.45, 2.75) is 147 Å². The van der Waals surface area contributed by atoms with E-state index >= 15 is 8.78 Å². The SMILES string of the molecule is Cc1ncsc1-c1ccc([C@H](CO)NC(=O)[C@@H]2C[C@@H](O)CN2C(=O)[C@H](C(C)C)n2cc(-c3ccc(COc4c(-c5c(C)c(F)cc6c5cnn6C5CCCCO5)c(C5CC5)cc5c(N6C[C@@H]7C[C@H]6CN7C(=O)O)nc(OC6CCOCC6)nc45)cc3F)nn2)cc1. The number of halogens is 2. The maximum absolute atomic E-state index is 17.0. The zero-order valence-corrected chi connectivity index (χ0v) is 51.8. The van der Waals surface area contributed by atoms with E-state index in [1.54, 1.807) is 35.4 Å². The topological polar surface area (TPSA) is 258 Å². The molecule has 25 heteroatoms. The number of hydrogen-bond acceptors (Lipinski definition) is 17. The lowest BCUT2D eigenvalue weighted by Crippen LogP contribution is -2.50. The number of hydrogen-bond donors (Lipinski definition) is 4. The Hall–Kier alpha value is -8.23. The number of carbonyl (C=O) groups excluding carboxylic acids is 2. The van der Waals surface area contributed by atoms with Crippen molar-refractivity contribution in [3.05, 3.63) is 112 Å². The van der Waals surface area contributed by atoms with Crippen molar-refractivity contribution in [1.29, 1.82) is 0 Å². The van der Waals surface area contributed by atoms with Gasteiger partial charge in [0.25, 0.3) is 0 Å². The van der Waals surface area contributed by atoms with E-state index in [9.17, 15) is 29.7 Å². The number of aromatic nitrogens is 8. The third-order valence-electron chi connectivity index (χ3n) is 19.0. The second kappa shape index (κ2) is 24.8. The quantitative estimate of drug-likeness (QED) is 0.0623. The summed E-state index contributed by atoms with van der Waals surface area (Å²) in [5, 5.41) is 49.4. The van der Waals surface area contributed by atoms with Gasteiger partial charge in [-0.05, 0) is 110 Å². The number of anilines is 1. The van der Waals surface area contributed by atoms with Gasteiger partial charge in [0.15, 0.2) is 12.0 Å². The molecule has 4 N–H and O–H groups in total. The van der Waals surface area contributed by atoms with E-state index in [0.717, 1.165) is 53.8 Å². The molecule has 7 atom stereocenters. The van der Waals surface area contributed by atoms with Crippen LogP contribution in [0.25, 0.3) is 54.6 Å². The summed E-state index contributed by atoms with van der Waals surface area (Å²) in [6, 6.07) is 12.5. The van der Waals surface area contributed by atoms with E-state index < -0.39 is 66.3 Å². The Bertz CT molecular complexity index is 4090. The van der Waals surface area contributed by atoms with Crippen LogP contribution in [0.1, 0.15) is 124 Å². The number of aliphatic hydroxyl groups excluding tert-OH is 2. The molecular formula is C66H72F2N12O10S. The first-order valence-corrected chi connectivity index (χ1v) is 32.4. The predicted octanol–water partition coefficient (Wildman–Crippen LogP) is 9.59. The fourth-order valence-electron chi connectivity index (χ4n) is 14.1. The molecule has 6 fully saturated rings. The van der Waals surface area contributed by atoms with Crippen LogP contribution in [0.5, 0.6) is 11.8 Å². The standard InChI is InChI=1S/C66H72F2N12O10S/c1-34(2)59(64(84)78-29-43(82)23-54(78)63(83)71-52(31-81)39-11-13-40(14-12-39)61-36(4)69-33-91-61)79-30-51(74-75-79)45-15-8-37(21-50(45)68)32-89-60-57(56-35(3)49(67)25-53-48(56)26-70-80(53)55-7-5-6-18-88-55)46(38-9-10-38)24-47-58(60)72-65(90-44-16-19-87-20-17-44)73-62(47)76-27-42-22-41(76)28-77(42)66(85)86/h8,11-15,21,24-26,30,33-34,38,41-44,52,54-55,59,81-82H,5-7,9-10,16-20,22-23,27-29,31-32H2,1-4H3,(H,71,83)(H,85,86)/t41-,42-,43+,52-,54-,55?,59-/m0/s1. The number of piperazine rings is 1. The predicted molar refractivity (Wildman–Crippen MR) is 333 cm³/mol. The average Bonchev–Trinajstić information content (AvgIpc) is 1.71. The smallest absolute Gasteiger partial charge is 0.407 e. The maximum Gasteiger partial charge on any atom is 0.407 e. The highest BCUT2D eigenvalue weighted by Gasteiger charge is 2.48. The normalized spacial score (nSPS) is 21.8. The highest BCUT2D eigenvalue weighted by molar-refractivity contribution is 7.13. The third-order valence-corrected chi connectivity index (χ3v) is 20.0. The number of carboxylic acid groups (broad SMARTS) is 1. The van der Waals surface area contributed by atoms with Crippen LogP contribution in [0.4, 0.5) is 19.4 Å². The van der Waals surface area contributed by atoms with Crippen molar-refractivity contribution in [2.24, 2.45) is 5.92 Å². The summed E-state index contributed by atoms with van der Waals surface area (Å²) in [6.45, 7) is 8.89. The average molecular weight is 1260 g/mol. The lowest BCUT2D eigenvalue weighted by molar-refractivity contribution is -0.142. The zero-order chi connectivity index (χ0) is 62.9. The fraction of sp³-hybridized carbons (Fsp3) is 0.470. The van der Waals surface area contributed by atoms with Gasteiger partial charge in [0, 0.05) is 79.0 Å². The van der Waals surface area contributed by atoms with E-state index in [1.807, 2.05) is 45.0 Å². The molecule has 9 heterocycles. The first kappa shape index (κ1) is 60.3. The molecule has 6 aliphatic rings. The molecule has 5 aliphatic heterocycles. The molecule has 1 saturated carbocycles. The number of likely N-dealkylation sites (tertiary alicyclic amines) is 2. The number of fused-ring (bicyclic) bond motifs is 4. The highest BCUT2D eigenvalue weighted by atomic mass is 32.1. The number of nitrogens with one attached hydrogen (secondary N) is 1. The van der Waals surface area contributed by atoms with Crippen molar-refractivity contribution in [2.75, 3.05) is 51.0 Å². The third kappa shape index (κ3) is 11.5. The molecule has 91 heavy (non-hydrogen) atoms. The van der Waals surface area contributed by atoms with Crippen LogP contribution in [0.2, 0.25) is 0 Å². The molecule has 1 unspecified atom stereocenters. The Balaban J connectivity index is 0.788. The maximum atomic E-state index is 17.0. The van der Waals surface area contributed by atoms with Gasteiger partial charge in [0.2, 0.25) is 11.8 Å². The Morgan fingerprint density at radius 3 is 2.38 bits per heavy atom. The molecule has 4 aromatic carbocycles. The largest absolute Gasteiger partial charge is 0.486 e. The van der Waals surface area contributed by atoms with Crippen molar-refractivity contribution in [1.82, 2.24) is 54.8 Å². The monoisotopic (exact) mass is 1260 g/mol. The minimum absolute atomic E-state index is 0.0247. The molecule has 2 bridgehead atoms. The minimum Gasteiger partial charge on any atom is -0.486 e. The lowest BCUT2D eigenvalue weighted by Gasteiger charge is -2.34. The number of amides is 3. The van der Waals surface area contributed by atoms with Gasteiger partial charge in [-0.3, -0.25) is 9.59 Å². The molecule has 1 aliphatic carbocycles. The number of rotatable bonds is 18. The van der Waals surface area contributed by atoms with E-state index in [0.29, 0.717) is 113 Å². The Labute approximate surface area is 527 Å². The van der Waals surface area contributed by atoms with Gasteiger partial charge < -0.3 is 54.3 Å². The van der Waals surface area contributed by atoms with Crippen LogP contribution in [0.3, 0.4) is 0 Å². The van der Waals surface area contributed by atoms with Crippen molar-refractivity contribution in [3.8, 4) is 44.6 Å². The van der Waals surface area contributed by atoms with Gasteiger partial charge in [-0.1, -0.05) is 49.4 Å². The summed E-state index contributed by atoms with van der Waals surface area (Å²) in [4.78, 5) is 61.9. The van der Waals surface area contributed by atoms with Crippen LogP contribution >= 0.6 is 11.3 Å². The van der Waals surface area contributed by atoms with Crippen LogP contribution in [0.15, 0.2) is 72.5 Å². The Kier molecular flexibility index (Phi) is 16.4. The van der Waals surface area contributed by atoms with E-state index in [2.05, 4.69) is 31.6 Å². The number of ether oxygens (including phenoxy) is 4. The van der Waals surface area contributed by atoms with Gasteiger partial charge in [-0.25, -0.2) is 27.9 Å². The van der Waals surface area contributed by atoms with Gasteiger partial charge in [0.05, 0.1) is 78.0 Å². The summed E-state index contributed by atoms with van der Waals surface area (Å²) in [6.07, 6.45) is 6.76. The molecule has 0 radical (unpaired) electrons. The number of thiazole rings is 1. The number of nitrogens with zero attached hydrogens (tertiary/aromatic N) is 11. The minimum atomic E-state index is -1.06.